The molecule has 0 spiro atoms. The maximum atomic E-state index is 13.3. The summed E-state index contributed by atoms with van der Waals surface area (Å²) in [4.78, 5) is 14.4. The van der Waals surface area contributed by atoms with Gasteiger partial charge in [-0.05, 0) is 43.5 Å². The summed E-state index contributed by atoms with van der Waals surface area (Å²) < 4.78 is 13.3. The van der Waals surface area contributed by atoms with E-state index in [1.54, 1.807) is 6.07 Å². The Kier molecular flexibility index (Phi) is 3.25. The molecule has 1 N–H and O–H groups in total. The smallest absolute Gasteiger partial charge is 0.225 e. The highest BCUT2D eigenvalue weighted by Gasteiger charge is 2.13. The van der Waals surface area contributed by atoms with E-state index in [1.807, 2.05) is 18.5 Å². The van der Waals surface area contributed by atoms with Gasteiger partial charge in [0.1, 0.15) is 5.82 Å². The summed E-state index contributed by atoms with van der Waals surface area (Å²) in [6.07, 6.45) is 7.37. The molecule has 4 rings (SSSR count). The van der Waals surface area contributed by atoms with E-state index < -0.39 is 0 Å². The number of piperidine rings is 1. The molecule has 112 valence electrons. The minimum Gasteiger partial charge on any atom is -0.354 e. The number of nitrogens with zero attached hydrogens (tertiary/aromatic N) is 3. The molecule has 1 aromatic carbocycles. The fourth-order valence-electron chi connectivity index (χ4n) is 2.97. The van der Waals surface area contributed by atoms with E-state index in [2.05, 4.69) is 19.9 Å². The largest absolute Gasteiger partial charge is 0.354 e. The topological polar surface area (TPSA) is 44.8 Å². The third-order valence-electron chi connectivity index (χ3n) is 4.17. The Bertz CT molecular complexity index is 788. The Morgan fingerprint density at radius 3 is 2.55 bits per heavy atom. The molecule has 1 saturated heterocycles. The van der Waals surface area contributed by atoms with E-state index in [4.69, 9.17) is 0 Å². The van der Waals surface area contributed by atoms with Crippen molar-refractivity contribution in [2.24, 2.45) is 0 Å². The molecule has 0 amide bonds. The molecule has 0 unspecified atom stereocenters. The van der Waals surface area contributed by atoms with Crippen molar-refractivity contribution >= 4 is 16.9 Å². The lowest BCUT2D eigenvalue weighted by molar-refractivity contribution is 0.568. The molecule has 1 aliphatic heterocycles. The third-order valence-corrected chi connectivity index (χ3v) is 4.17. The van der Waals surface area contributed by atoms with E-state index in [9.17, 15) is 4.39 Å². The number of aromatic nitrogens is 3. The van der Waals surface area contributed by atoms with Crippen molar-refractivity contribution in [2.45, 2.75) is 19.3 Å². The van der Waals surface area contributed by atoms with Crippen LogP contribution in [0.4, 0.5) is 10.3 Å². The van der Waals surface area contributed by atoms with Gasteiger partial charge in [-0.1, -0.05) is 0 Å². The van der Waals surface area contributed by atoms with Crippen LogP contribution >= 0.6 is 0 Å². The summed E-state index contributed by atoms with van der Waals surface area (Å²) in [6.45, 7) is 2.07. The van der Waals surface area contributed by atoms with Crippen molar-refractivity contribution in [3.05, 3.63) is 42.5 Å². The number of H-pyrrole nitrogens is 1. The highest BCUT2D eigenvalue weighted by molar-refractivity contribution is 5.85. The Hall–Kier alpha value is -2.43. The van der Waals surface area contributed by atoms with Crippen LogP contribution in [0.1, 0.15) is 19.3 Å². The summed E-state index contributed by atoms with van der Waals surface area (Å²) in [7, 11) is 0. The number of hydrogen-bond acceptors (Lipinski definition) is 3. The molecule has 0 aliphatic carbocycles. The number of aromatic amines is 1. The molecule has 3 heterocycles. The number of fused-ring (bicyclic) bond motifs is 1. The van der Waals surface area contributed by atoms with Crippen LogP contribution in [0.25, 0.3) is 22.2 Å². The Labute approximate surface area is 128 Å². The van der Waals surface area contributed by atoms with E-state index in [1.165, 1.54) is 31.4 Å². The second-order valence-corrected chi connectivity index (χ2v) is 5.73. The van der Waals surface area contributed by atoms with Gasteiger partial charge in [0.25, 0.3) is 0 Å². The van der Waals surface area contributed by atoms with Crippen molar-refractivity contribution in [3.8, 4) is 11.3 Å². The molecular formula is C17H17FN4. The number of hydrogen-bond donors (Lipinski definition) is 1. The maximum Gasteiger partial charge on any atom is 0.225 e. The fourth-order valence-corrected chi connectivity index (χ4v) is 2.97. The third kappa shape index (κ3) is 2.43. The van der Waals surface area contributed by atoms with Crippen LogP contribution in [0.15, 0.2) is 36.7 Å². The minimum atomic E-state index is -0.238. The van der Waals surface area contributed by atoms with Crippen LogP contribution in [0, 0.1) is 5.82 Å². The first-order valence-corrected chi connectivity index (χ1v) is 7.65. The molecule has 0 bridgehead atoms. The van der Waals surface area contributed by atoms with Gasteiger partial charge < -0.3 is 9.88 Å². The van der Waals surface area contributed by atoms with Gasteiger partial charge in [0.15, 0.2) is 0 Å². The van der Waals surface area contributed by atoms with E-state index in [0.717, 1.165) is 41.2 Å². The molecule has 0 saturated carbocycles. The zero-order valence-corrected chi connectivity index (χ0v) is 12.2. The van der Waals surface area contributed by atoms with Crippen LogP contribution in [0.3, 0.4) is 0 Å². The minimum absolute atomic E-state index is 0.238. The first kappa shape index (κ1) is 13.2. The van der Waals surface area contributed by atoms with Gasteiger partial charge >= 0.3 is 0 Å². The average Bonchev–Trinajstić information content (AvgIpc) is 2.99. The first-order chi connectivity index (χ1) is 10.8. The predicted octanol–water partition coefficient (Wildman–Crippen LogP) is 3.75. The number of anilines is 1. The summed E-state index contributed by atoms with van der Waals surface area (Å²) in [5.74, 6) is 0.559. The summed E-state index contributed by atoms with van der Waals surface area (Å²) in [5.41, 5.74) is 2.61. The second kappa shape index (κ2) is 5.40. The van der Waals surface area contributed by atoms with Crippen LogP contribution in [-0.2, 0) is 0 Å². The molecule has 22 heavy (non-hydrogen) atoms. The van der Waals surface area contributed by atoms with Crippen molar-refractivity contribution in [3.63, 3.8) is 0 Å². The lowest BCUT2D eigenvalue weighted by Crippen LogP contribution is -2.30. The Morgan fingerprint density at radius 1 is 1.00 bits per heavy atom. The van der Waals surface area contributed by atoms with Crippen molar-refractivity contribution < 1.29 is 4.39 Å². The van der Waals surface area contributed by atoms with Gasteiger partial charge in [-0.2, -0.15) is 0 Å². The van der Waals surface area contributed by atoms with E-state index in [-0.39, 0.29) is 5.82 Å². The SMILES string of the molecule is Fc1ccc2cc(-c3cnc(N4CCCCC4)nc3)[nH]c2c1. The van der Waals surface area contributed by atoms with Crippen LogP contribution in [-0.4, -0.2) is 28.0 Å². The van der Waals surface area contributed by atoms with E-state index in [0.29, 0.717) is 0 Å². The molecule has 3 aromatic rings. The molecule has 0 atom stereocenters. The number of rotatable bonds is 2. The summed E-state index contributed by atoms with van der Waals surface area (Å²) >= 11 is 0. The van der Waals surface area contributed by atoms with E-state index >= 15 is 0 Å². The quantitative estimate of drug-likeness (QED) is 0.783. The standard InChI is InChI=1S/C17H17FN4/c18-14-5-4-12-8-15(21-16(12)9-14)13-10-19-17(20-11-13)22-6-2-1-3-7-22/h4-5,8-11,21H,1-3,6-7H2. The average molecular weight is 296 g/mol. The monoisotopic (exact) mass is 296 g/mol. The van der Waals surface area contributed by atoms with Crippen LogP contribution < -0.4 is 4.90 Å². The molecule has 5 heteroatoms. The molecule has 1 aliphatic rings. The molecule has 4 nitrogen and oxygen atoms in total. The Balaban J connectivity index is 1.63. The molecule has 0 radical (unpaired) electrons. The number of halogens is 1. The highest BCUT2D eigenvalue weighted by atomic mass is 19.1. The first-order valence-electron chi connectivity index (χ1n) is 7.65. The van der Waals surface area contributed by atoms with Gasteiger partial charge in [-0.3, -0.25) is 0 Å². The lowest BCUT2D eigenvalue weighted by atomic mass is 10.1. The van der Waals surface area contributed by atoms with Gasteiger partial charge in [0.05, 0.1) is 0 Å². The maximum absolute atomic E-state index is 13.3. The second-order valence-electron chi connectivity index (χ2n) is 5.73. The van der Waals surface area contributed by atoms with Gasteiger partial charge in [0.2, 0.25) is 5.95 Å². The molecule has 2 aromatic heterocycles. The van der Waals surface area contributed by atoms with Gasteiger partial charge in [-0.15, -0.1) is 0 Å². The highest BCUT2D eigenvalue weighted by Crippen LogP contribution is 2.25. The predicted molar refractivity (Wildman–Crippen MR) is 85.3 cm³/mol. The van der Waals surface area contributed by atoms with Crippen molar-refractivity contribution in [1.29, 1.82) is 0 Å². The lowest BCUT2D eigenvalue weighted by Gasteiger charge is -2.26. The fraction of sp³-hybridized carbons (Fsp3) is 0.294. The normalized spacial score (nSPS) is 15.4. The zero-order valence-electron chi connectivity index (χ0n) is 12.2. The Morgan fingerprint density at radius 2 is 1.77 bits per heavy atom. The van der Waals surface area contributed by atoms with Gasteiger partial charge in [0, 0.05) is 47.6 Å². The van der Waals surface area contributed by atoms with Gasteiger partial charge in [-0.25, -0.2) is 14.4 Å². The molecule has 1 fully saturated rings. The zero-order chi connectivity index (χ0) is 14.9. The number of benzene rings is 1. The van der Waals surface area contributed by atoms with Crippen LogP contribution in [0.2, 0.25) is 0 Å². The molecular weight excluding hydrogens is 279 g/mol. The van der Waals surface area contributed by atoms with Crippen molar-refractivity contribution in [1.82, 2.24) is 15.0 Å². The summed E-state index contributed by atoms with van der Waals surface area (Å²) in [5, 5.41) is 0.983. The van der Waals surface area contributed by atoms with Crippen molar-refractivity contribution in [2.75, 3.05) is 18.0 Å². The number of nitrogens with one attached hydrogen (secondary N) is 1. The van der Waals surface area contributed by atoms with Crippen LogP contribution in [0.5, 0.6) is 0 Å². The summed E-state index contributed by atoms with van der Waals surface area (Å²) in [6, 6.07) is 6.74.